The summed E-state index contributed by atoms with van der Waals surface area (Å²) < 4.78 is 5.20. The first-order valence-corrected chi connectivity index (χ1v) is 6.80. The number of hydrogen-bond donors (Lipinski definition) is 1. The molecule has 0 unspecified atom stereocenters. The molecular weight excluding hydrogens is 198 g/mol. The molecule has 0 amide bonds. The molecule has 2 aliphatic carbocycles. The molecule has 94 valence electrons. The molecule has 2 fully saturated rings. The second-order valence-corrected chi connectivity index (χ2v) is 6.56. The number of methoxy groups -OCH3 is 1. The molecular formula is C14H27NO. The second kappa shape index (κ2) is 4.66. The molecule has 1 atom stereocenters. The number of nitrogens with one attached hydrogen (secondary N) is 1. The first-order chi connectivity index (χ1) is 7.58. The lowest BCUT2D eigenvalue weighted by molar-refractivity contribution is 0.167. The minimum Gasteiger partial charge on any atom is -0.385 e. The van der Waals surface area contributed by atoms with Crippen LogP contribution in [0.4, 0.5) is 0 Å². The van der Waals surface area contributed by atoms with Gasteiger partial charge in [-0.05, 0) is 42.9 Å². The van der Waals surface area contributed by atoms with Crippen molar-refractivity contribution >= 4 is 0 Å². The van der Waals surface area contributed by atoms with Gasteiger partial charge in [-0.25, -0.2) is 0 Å². The van der Waals surface area contributed by atoms with Gasteiger partial charge in [0.15, 0.2) is 0 Å². The summed E-state index contributed by atoms with van der Waals surface area (Å²) in [5.41, 5.74) is 1.10. The van der Waals surface area contributed by atoms with Gasteiger partial charge in [-0.1, -0.05) is 20.3 Å². The van der Waals surface area contributed by atoms with Crippen molar-refractivity contribution in [1.82, 2.24) is 5.32 Å². The normalized spacial score (nSPS) is 30.6. The number of ether oxygens (including phenoxy) is 1. The van der Waals surface area contributed by atoms with Gasteiger partial charge in [0, 0.05) is 26.3 Å². The molecule has 2 saturated carbocycles. The molecule has 0 spiro atoms. The number of hydrogen-bond acceptors (Lipinski definition) is 2. The van der Waals surface area contributed by atoms with Gasteiger partial charge in [-0.3, -0.25) is 0 Å². The summed E-state index contributed by atoms with van der Waals surface area (Å²) >= 11 is 0. The summed E-state index contributed by atoms with van der Waals surface area (Å²) in [6, 6.07) is 0.743. The molecule has 0 aromatic carbocycles. The van der Waals surface area contributed by atoms with E-state index in [9.17, 15) is 0 Å². The molecule has 0 aliphatic heterocycles. The molecule has 2 aliphatic rings. The fourth-order valence-electron chi connectivity index (χ4n) is 3.06. The summed E-state index contributed by atoms with van der Waals surface area (Å²) in [4.78, 5) is 0. The first kappa shape index (κ1) is 12.4. The Morgan fingerprint density at radius 2 is 2.00 bits per heavy atom. The lowest BCUT2D eigenvalue weighted by atomic mass is 9.87. The monoisotopic (exact) mass is 225 g/mol. The van der Waals surface area contributed by atoms with Crippen LogP contribution in [0.15, 0.2) is 0 Å². The van der Waals surface area contributed by atoms with Crippen LogP contribution in [0, 0.1) is 10.8 Å². The highest BCUT2D eigenvalue weighted by atomic mass is 16.5. The van der Waals surface area contributed by atoms with Gasteiger partial charge in [0.2, 0.25) is 0 Å². The van der Waals surface area contributed by atoms with Gasteiger partial charge in [0.1, 0.15) is 0 Å². The topological polar surface area (TPSA) is 21.3 Å². The molecule has 0 radical (unpaired) electrons. The molecule has 2 rings (SSSR count). The van der Waals surface area contributed by atoms with E-state index < -0.39 is 0 Å². The average molecular weight is 225 g/mol. The van der Waals surface area contributed by atoms with E-state index in [1.54, 1.807) is 0 Å². The summed E-state index contributed by atoms with van der Waals surface area (Å²) in [5, 5.41) is 3.83. The van der Waals surface area contributed by atoms with Gasteiger partial charge in [0.05, 0.1) is 0 Å². The number of rotatable bonds is 6. The SMILES string of the molecule is COCCC1(CN[C@@H]2CCCC2(C)C)CC1. The van der Waals surface area contributed by atoms with E-state index in [1.165, 1.54) is 45.1 Å². The average Bonchev–Trinajstić information content (AvgIpc) is 2.93. The Hall–Kier alpha value is -0.0800. The Bertz CT molecular complexity index is 233. The molecule has 0 aromatic rings. The van der Waals surface area contributed by atoms with Crippen molar-refractivity contribution in [3.05, 3.63) is 0 Å². The zero-order valence-corrected chi connectivity index (χ0v) is 11.1. The minimum atomic E-state index is 0.511. The maximum Gasteiger partial charge on any atom is 0.0468 e. The van der Waals surface area contributed by atoms with E-state index in [1.807, 2.05) is 7.11 Å². The smallest absolute Gasteiger partial charge is 0.0468 e. The van der Waals surface area contributed by atoms with Crippen LogP contribution >= 0.6 is 0 Å². The minimum absolute atomic E-state index is 0.511. The van der Waals surface area contributed by atoms with E-state index >= 15 is 0 Å². The van der Waals surface area contributed by atoms with Crippen LogP contribution < -0.4 is 5.32 Å². The Morgan fingerprint density at radius 1 is 1.25 bits per heavy atom. The van der Waals surface area contributed by atoms with E-state index in [2.05, 4.69) is 19.2 Å². The van der Waals surface area contributed by atoms with Crippen LogP contribution in [0.2, 0.25) is 0 Å². The lowest BCUT2D eigenvalue weighted by Crippen LogP contribution is -2.40. The van der Waals surface area contributed by atoms with Gasteiger partial charge in [-0.2, -0.15) is 0 Å². The second-order valence-electron chi connectivity index (χ2n) is 6.56. The van der Waals surface area contributed by atoms with Gasteiger partial charge in [0.25, 0.3) is 0 Å². The van der Waals surface area contributed by atoms with E-state index in [0.717, 1.165) is 12.6 Å². The summed E-state index contributed by atoms with van der Waals surface area (Å²) in [6.45, 7) is 6.96. The van der Waals surface area contributed by atoms with Crippen molar-refractivity contribution in [3.63, 3.8) is 0 Å². The molecule has 16 heavy (non-hydrogen) atoms. The fourth-order valence-corrected chi connectivity index (χ4v) is 3.06. The Labute approximate surface area is 100 Å². The van der Waals surface area contributed by atoms with Crippen LogP contribution in [0.1, 0.15) is 52.4 Å². The largest absolute Gasteiger partial charge is 0.385 e. The molecule has 0 heterocycles. The van der Waals surface area contributed by atoms with E-state index in [4.69, 9.17) is 4.74 Å². The van der Waals surface area contributed by atoms with Crippen molar-refractivity contribution in [2.75, 3.05) is 20.3 Å². The summed E-state index contributed by atoms with van der Waals surface area (Å²) in [7, 11) is 1.81. The third-order valence-corrected chi connectivity index (χ3v) is 4.77. The Morgan fingerprint density at radius 3 is 2.50 bits per heavy atom. The zero-order chi connectivity index (χ0) is 11.6. The predicted molar refractivity (Wildman–Crippen MR) is 67.6 cm³/mol. The molecule has 2 heteroatoms. The molecule has 0 bridgehead atoms. The third kappa shape index (κ3) is 2.78. The molecule has 1 N–H and O–H groups in total. The van der Waals surface area contributed by atoms with Crippen molar-refractivity contribution in [1.29, 1.82) is 0 Å². The van der Waals surface area contributed by atoms with Crippen LogP contribution in [0.25, 0.3) is 0 Å². The lowest BCUT2D eigenvalue weighted by Gasteiger charge is -2.30. The van der Waals surface area contributed by atoms with Crippen LogP contribution in [0.3, 0.4) is 0 Å². The Balaban J connectivity index is 1.75. The predicted octanol–water partition coefficient (Wildman–Crippen LogP) is 2.97. The quantitative estimate of drug-likeness (QED) is 0.750. The highest BCUT2D eigenvalue weighted by molar-refractivity contribution is 4.98. The molecule has 2 nitrogen and oxygen atoms in total. The zero-order valence-electron chi connectivity index (χ0n) is 11.1. The fraction of sp³-hybridized carbons (Fsp3) is 1.00. The van der Waals surface area contributed by atoms with Crippen LogP contribution in [-0.2, 0) is 4.74 Å². The first-order valence-electron chi connectivity index (χ1n) is 6.80. The van der Waals surface area contributed by atoms with E-state index in [-0.39, 0.29) is 0 Å². The van der Waals surface area contributed by atoms with E-state index in [0.29, 0.717) is 10.8 Å². The van der Waals surface area contributed by atoms with Crippen LogP contribution in [-0.4, -0.2) is 26.3 Å². The summed E-state index contributed by atoms with van der Waals surface area (Å²) in [5.74, 6) is 0. The summed E-state index contributed by atoms with van der Waals surface area (Å²) in [6.07, 6.45) is 8.19. The van der Waals surface area contributed by atoms with Crippen molar-refractivity contribution in [2.24, 2.45) is 10.8 Å². The van der Waals surface area contributed by atoms with Crippen LogP contribution in [0.5, 0.6) is 0 Å². The van der Waals surface area contributed by atoms with Crippen molar-refractivity contribution in [3.8, 4) is 0 Å². The third-order valence-electron chi connectivity index (χ3n) is 4.77. The maximum absolute atomic E-state index is 5.20. The van der Waals surface area contributed by atoms with Crippen molar-refractivity contribution in [2.45, 2.75) is 58.4 Å². The maximum atomic E-state index is 5.20. The highest BCUT2D eigenvalue weighted by Gasteiger charge is 2.43. The Kier molecular flexibility index (Phi) is 3.60. The molecule has 0 aromatic heterocycles. The standard InChI is InChI=1S/C14H27NO/c1-13(2)6-4-5-12(13)15-11-14(7-8-14)9-10-16-3/h12,15H,4-11H2,1-3H3/t12-/m1/s1. The highest BCUT2D eigenvalue weighted by Crippen LogP contribution is 2.49. The van der Waals surface area contributed by atoms with Gasteiger partial charge in [-0.15, -0.1) is 0 Å². The molecule has 0 saturated heterocycles. The van der Waals surface area contributed by atoms with Crippen molar-refractivity contribution < 1.29 is 4.74 Å². The van der Waals surface area contributed by atoms with Gasteiger partial charge >= 0.3 is 0 Å². The van der Waals surface area contributed by atoms with Gasteiger partial charge < -0.3 is 10.1 Å².